The molecule has 2 rings (SSSR count). The van der Waals surface area contributed by atoms with Crippen molar-refractivity contribution in [3.8, 4) is 11.6 Å². The van der Waals surface area contributed by atoms with Crippen LogP contribution in [-0.2, 0) is 0 Å². The van der Waals surface area contributed by atoms with Crippen molar-refractivity contribution in [2.75, 3.05) is 0 Å². The molecule has 1 aromatic heterocycles. The molecule has 0 aliphatic heterocycles. The molecule has 76 valence electrons. The maximum atomic E-state index is 5.61. The fourth-order valence-electron chi connectivity index (χ4n) is 1.14. The van der Waals surface area contributed by atoms with E-state index in [4.69, 9.17) is 4.74 Å². The van der Waals surface area contributed by atoms with Gasteiger partial charge in [0.1, 0.15) is 5.75 Å². The molecule has 0 bridgehead atoms. The number of rotatable bonds is 2. The minimum Gasteiger partial charge on any atom is -0.437 e. The average Bonchev–Trinajstić information content (AvgIpc) is 2.22. The van der Waals surface area contributed by atoms with Crippen LogP contribution in [0.1, 0.15) is 5.69 Å². The van der Waals surface area contributed by atoms with Gasteiger partial charge in [0.15, 0.2) is 0 Å². The Kier molecular flexibility index (Phi) is 3.15. The van der Waals surface area contributed by atoms with Crippen molar-refractivity contribution >= 4 is 22.6 Å². The van der Waals surface area contributed by atoms with Crippen LogP contribution in [-0.4, -0.2) is 9.97 Å². The Morgan fingerprint density at radius 2 is 2.00 bits per heavy atom. The van der Waals surface area contributed by atoms with Gasteiger partial charge >= 0.3 is 0 Å². The number of nitrogens with zero attached hydrogens (tertiary/aromatic N) is 2. The Hall–Kier alpha value is -1.17. The van der Waals surface area contributed by atoms with Crippen LogP contribution >= 0.6 is 22.6 Å². The number of aromatic nitrogens is 2. The van der Waals surface area contributed by atoms with Gasteiger partial charge in [0.2, 0.25) is 5.88 Å². The zero-order chi connectivity index (χ0) is 10.7. The summed E-state index contributed by atoms with van der Waals surface area (Å²) in [5.41, 5.74) is 0.788. The highest BCUT2D eigenvalue weighted by atomic mass is 127. The lowest BCUT2D eigenvalue weighted by Crippen LogP contribution is -1.92. The molecule has 0 N–H and O–H groups in total. The summed E-state index contributed by atoms with van der Waals surface area (Å²) in [5.74, 6) is 1.34. The molecule has 15 heavy (non-hydrogen) atoms. The summed E-state index contributed by atoms with van der Waals surface area (Å²) in [6.07, 6.45) is 3.27. The molecule has 2 aromatic rings. The van der Waals surface area contributed by atoms with Gasteiger partial charge in [0.05, 0.1) is 5.69 Å². The summed E-state index contributed by atoms with van der Waals surface area (Å²) >= 11 is 2.24. The van der Waals surface area contributed by atoms with Crippen molar-refractivity contribution in [3.63, 3.8) is 0 Å². The van der Waals surface area contributed by atoms with Gasteiger partial charge in [0.25, 0.3) is 0 Å². The summed E-state index contributed by atoms with van der Waals surface area (Å²) in [6, 6.07) is 7.81. The van der Waals surface area contributed by atoms with Gasteiger partial charge in [-0.2, -0.15) is 0 Å². The fraction of sp³-hybridized carbons (Fsp3) is 0.0909. The first-order valence-electron chi connectivity index (χ1n) is 4.47. The Morgan fingerprint density at radius 3 is 2.73 bits per heavy atom. The Labute approximate surface area is 102 Å². The van der Waals surface area contributed by atoms with E-state index < -0.39 is 0 Å². The highest BCUT2D eigenvalue weighted by Gasteiger charge is 2.02. The number of ether oxygens (including phenoxy) is 1. The van der Waals surface area contributed by atoms with Crippen LogP contribution in [0.2, 0.25) is 0 Å². The smallest absolute Gasteiger partial charge is 0.240 e. The van der Waals surface area contributed by atoms with E-state index in [0.29, 0.717) is 5.88 Å². The van der Waals surface area contributed by atoms with Crippen molar-refractivity contribution in [1.29, 1.82) is 0 Å². The molecule has 0 aliphatic carbocycles. The van der Waals surface area contributed by atoms with Crippen molar-refractivity contribution in [2.45, 2.75) is 6.92 Å². The van der Waals surface area contributed by atoms with E-state index in [1.807, 2.05) is 31.2 Å². The van der Waals surface area contributed by atoms with E-state index in [9.17, 15) is 0 Å². The minimum atomic E-state index is 0.555. The lowest BCUT2D eigenvalue weighted by Gasteiger charge is -2.06. The lowest BCUT2D eigenvalue weighted by molar-refractivity contribution is 0.455. The second-order valence-electron chi connectivity index (χ2n) is 3.01. The monoisotopic (exact) mass is 312 g/mol. The number of aryl methyl sites for hydroxylation is 1. The van der Waals surface area contributed by atoms with Crippen LogP contribution in [0.3, 0.4) is 0 Å². The number of benzene rings is 1. The van der Waals surface area contributed by atoms with Crippen LogP contribution in [0.25, 0.3) is 0 Å². The molecular weight excluding hydrogens is 303 g/mol. The molecule has 0 spiro atoms. The topological polar surface area (TPSA) is 35.0 Å². The summed E-state index contributed by atoms with van der Waals surface area (Å²) in [5, 5.41) is 0. The molecule has 0 unspecified atom stereocenters. The lowest BCUT2D eigenvalue weighted by atomic mass is 10.3. The Morgan fingerprint density at radius 1 is 1.20 bits per heavy atom. The molecule has 1 heterocycles. The third-order valence-electron chi connectivity index (χ3n) is 1.85. The van der Waals surface area contributed by atoms with Gasteiger partial charge in [-0.1, -0.05) is 6.07 Å². The maximum absolute atomic E-state index is 5.61. The summed E-state index contributed by atoms with van der Waals surface area (Å²) in [6.45, 7) is 1.87. The SMILES string of the molecule is Cc1nccnc1Oc1cccc(I)c1. The van der Waals surface area contributed by atoms with Crippen LogP contribution < -0.4 is 4.74 Å². The predicted molar refractivity (Wildman–Crippen MR) is 66.0 cm³/mol. The molecule has 0 saturated heterocycles. The molecule has 1 aromatic carbocycles. The number of hydrogen-bond donors (Lipinski definition) is 0. The Bertz CT molecular complexity index is 474. The molecule has 4 heteroatoms. The summed E-state index contributed by atoms with van der Waals surface area (Å²) in [4.78, 5) is 8.22. The number of halogens is 1. The van der Waals surface area contributed by atoms with E-state index in [-0.39, 0.29) is 0 Å². The first-order valence-corrected chi connectivity index (χ1v) is 5.54. The van der Waals surface area contributed by atoms with Crippen LogP contribution in [0.5, 0.6) is 11.6 Å². The minimum absolute atomic E-state index is 0.555. The predicted octanol–water partition coefficient (Wildman–Crippen LogP) is 3.18. The molecule has 0 atom stereocenters. The standard InChI is InChI=1S/C11H9IN2O/c1-8-11(14-6-5-13-8)15-10-4-2-3-9(12)7-10/h2-7H,1H3. The normalized spacial score (nSPS) is 10.0. The van der Waals surface area contributed by atoms with E-state index in [1.165, 1.54) is 0 Å². The maximum Gasteiger partial charge on any atom is 0.240 e. The van der Waals surface area contributed by atoms with Gasteiger partial charge in [-0.25, -0.2) is 4.98 Å². The summed E-state index contributed by atoms with van der Waals surface area (Å²) < 4.78 is 6.74. The van der Waals surface area contributed by atoms with E-state index >= 15 is 0 Å². The Balaban J connectivity index is 2.26. The zero-order valence-electron chi connectivity index (χ0n) is 8.14. The molecule has 3 nitrogen and oxygen atoms in total. The fourth-order valence-corrected chi connectivity index (χ4v) is 1.65. The molecule has 0 radical (unpaired) electrons. The van der Waals surface area contributed by atoms with Gasteiger partial charge in [-0.15, -0.1) is 0 Å². The van der Waals surface area contributed by atoms with Gasteiger partial charge < -0.3 is 4.74 Å². The molecule has 0 amide bonds. The quantitative estimate of drug-likeness (QED) is 0.799. The number of hydrogen-bond acceptors (Lipinski definition) is 3. The molecular formula is C11H9IN2O. The van der Waals surface area contributed by atoms with Gasteiger partial charge in [-0.3, -0.25) is 4.98 Å². The van der Waals surface area contributed by atoms with Crippen LogP contribution in [0, 0.1) is 10.5 Å². The average molecular weight is 312 g/mol. The highest BCUT2D eigenvalue weighted by Crippen LogP contribution is 2.22. The largest absolute Gasteiger partial charge is 0.437 e. The molecule has 0 saturated carbocycles. The van der Waals surface area contributed by atoms with Crippen LogP contribution in [0.4, 0.5) is 0 Å². The second kappa shape index (κ2) is 4.57. The molecule has 0 aliphatic rings. The van der Waals surface area contributed by atoms with E-state index in [0.717, 1.165) is 15.0 Å². The van der Waals surface area contributed by atoms with Crippen molar-refractivity contribution < 1.29 is 4.74 Å². The van der Waals surface area contributed by atoms with E-state index in [2.05, 4.69) is 32.6 Å². The van der Waals surface area contributed by atoms with Crippen molar-refractivity contribution in [1.82, 2.24) is 9.97 Å². The van der Waals surface area contributed by atoms with Gasteiger partial charge in [0, 0.05) is 16.0 Å². The third-order valence-corrected chi connectivity index (χ3v) is 2.52. The van der Waals surface area contributed by atoms with E-state index in [1.54, 1.807) is 12.4 Å². The first kappa shape index (κ1) is 10.4. The molecule has 0 fully saturated rings. The van der Waals surface area contributed by atoms with Crippen molar-refractivity contribution in [2.24, 2.45) is 0 Å². The zero-order valence-corrected chi connectivity index (χ0v) is 10.3. The summed E-state index contributed by atoms with van der Waals surface area (Å²) in [7, 11) is 0. The third kappa shape index (κ3) is 2.65. The highest BCUT2D eigenvalue weighted by molar-refractivity contribution is 14.1. The van der Waals surface area contributed by atoms with Crippen molar-refractivity contribution in [3.05, 3.63) is 45.9 Å². The first-order chi connectivity index (χ1) is 7.25. The second-order valence-corrected chi connectivity index (χ2v) is 4.25. The van der Waals surface area contributed by atoms with Gasteiger partial charge in [-0.05, 0) is 47.7 Å². The van der Waals surface area contributed by atoms with Crippen LogP contribution in [0.15, 0.2) is 36.7 Å².